The maximum Gasteiger partial charge on any atom is 0.417 e. The van der Waals surface area contributed by atoms with E-state index in [1.54, 1.807) is 39.1 Å². The molecule has 1 amide bonds. The van der Waals surface area contributed by atoms with Crippen molar-refractivity contribution < 1.29 is 32.2 Å². The third-order valence-electron chi connectivity index (χ3n) is 6.31. The highest BCUT2D eigenvalue weighted by atomic mass is 19.4. The van der Waals surface area contributed by atoms with Crippen LogP contribution in [-0.2, 0) is 15.7 Å². The Balaban J connectivity index is 1.48. The molecule has 9 nitrogen and oxygen atoms in total. The van der Waals surface area contributed by atoms with Crippen LogP contribution in [0.4, 0.5) is 19.0 Å². The molecule has 0 aliphatic carbocycles. The van der Waals surface area contributed by atoms with Crippen LogP contribution in [-0.4, -0.2) is 50.6 Å². The van der Waals surface area contributed by atoms with Gasteiger partial charge >= 0.3 is 6.18 Å². The number of halogens is 3. The van der Waals surface area contributed by atoms with Gasteiger partial charge in [-0.2, -0.15) is 22.8 Å². The molecule has 12 heteroatoms. The van der Waals surface area contributed by atoms with Crippen molar-refractivity contribution in [3.63, 3.8) is 0 Å². The molecule has 1 aliphatic heterocycles. The third kappa shape index (κ3) is 5.43. The van der Waals surface area contributed by atoms with Crippen LogP contribution in [0.2, 0.25) is 0 Å². The maximum absolute atomic E-state index is 13.9. The maximum atomic E-state index is 13.9. The fourth-order valence-corrected chi connectivity index (χ4v) is 4.24. The van der Waals surface area contributed by atoms with Crippen molar-refractivity contribution in [1.29, 1.82) is 0 Å². The molecule has 1 aliphatic rings. The van der Waals surface area contributed by atoms with Gasteiger partial charge in [-0.1, -0.05) is 24.3 Å². The molecule has 1 atom stereocenters. The number of alkyl halides is 3. The van der Waals surface area contributed by atoms with E-state index in [1.807, 2.05) is 6.92 Å². The minimum Gasteiger partial charge on any atom is -0.475 e. The quantitative estimate of drug-likeness (QED) is 0.358. The number of pyridine rings is 1. The molecule has 204 valence electrons. The summed E-state index contributed by atoms with van der Waals surface area (Å²) in [5.74, 6) is -1.21. The van der Waals surface area contributed by atoms with Gasteiger partial charge in [-0.15, -0.1) is 0 Å². The Bertz CT molecular complexity index is 1550. The molecule has 1 saturated heterocycles. The molecule has 0 radical (unpaired) electrons. The highest BCUT2D eigenvalue weighted by molar-refractivity contribution is 6.04. The lowest BCUT2D eigenvalue weighted by Crippen LogP contribution is -2.25. The number of hydrogen-bond acceptors (Lipinski definition) is 7. The normalized spacial score (nSPS) is 16.9. The molecule has 39 heavy (non-hydrogen) atoms. The Kier molecular flexibility index (Phi) is 6.77. The summed E-state index contributed by atoms with van der Waals surface area (Å²) in [6.45, 7) is 7.72. The molecule has 1 unspecified atom stereocenters. The lowest BCUT2D eigenvalue weighted by molar-refractivity contribution is -0.141. The molecule has 3 aromatic heterocycles. The van der Waals surface area contributed by atoms with Crippen LogP contribution in [0, 0.1) is 13.8 Å². The summed E-state index contributed by atoms with van der Waals surface area (Å²) in [6, 6.07) is 9.71. The number of aryl methyl sites for hydroxylation is 2. The highest BCUT2D eigenvalue weighted by Gasteiger charge is 2.36. The van der Waals surface area contributed by atoms with Gasteiger partial charge in [0.25, 0.3) is 5.91 Å². The van der Waals surface area contributed by atoms with E-state index in [9.17, 15) is 18.0 Å². The second-order valence-electron chi connectivity index (χ2n) is 9.62. The van der Waals surface area contributed by atoms with Gasteiger partial charge < -0.3 is 19.5 Å². The number of ether oxygens (including phenoxy) is 3. The first kappa shape index (κ1) is 26.6. The lowest BCUT2D eigenvalue weighted by Gasteiger charge is -2.17. The second kappa shape index (κ2) is 9.93. The van der Waals surface area contributed by atoms with Gasteiger partial charge in [0.1, 0.15) is 24.1 Å². The SMILES string of the molecule is Cc1cnn2c(NC(=O)c3cccc(OCC4COC(C)(C)O4)n3)c(-c3ccccc3C(F)(F)F)nc2c1C. The van der Waals surface area contributed by atoms with E-state index in [1.165, 1.54) is 28.8 Å². The van der Waals surface area contributed by atoms with Crippen molar-refractivity contribution >= 4 is 17.4 Å². The van der Waals surface area contributed by atoms with Gasteiger partial charge in [-0.25, -0.2) is 9.97 Å². The Morgan fingerprint density at radius 2 is 1.92 bits per heavy atom. The summed E-state index contributed by atoms with van der Waals surface area (Å²) in [5, 5.41) is 6.99. The number of anilines is 1. The number of hydrogen-bond donors (Lipinski definition) is 1. The summed E-state index contributed by atoms with van der Waals surface area (Å²) in [4.78, 5) is 22.0. The topological polar surface area (TPSA) is 99.9 Å². The fraction of sp³-hybridized carbons (Fsp3) is 0.333. The number of nitrogens with zero attached hydrogens (tertiary/aromatic N) is 4. The van der Waals surface area contributed by atoms with Crippen LogP contribution in [0.1, 0.15) is 41.0 Å². The van der Waals surface area contributed by atoms with E-state index < -0.39 is 23.4 Å². The van der Waals surface area contributed by atoms with Crippen LogP contribution in [0.3, 0.4) is 0 Å². The van der Waals surface area contributed by atoms with Crippen molar-refractivity contribution in [1.82, 2.24) is 19.6 Å². The van der Waals surface area contributed by atoms with Gasteiger partial charge in [0.15, 0.2) is 17.3 Å². The van der Waals surface area contributed by atoms with E-state index >= 15 is 0 Å². The van der Waals surface area contributed by atoms with Crippen LogP contribution >= 0.6 is 0 Å². The summed E-state index contributed by atoms with van der Waals surface area (Å²) in [7, 11) is 0. The van der Waals surface area contributed by atoms with Crippen molar-refractivity contribution in [3.05, 3.63) is 71.0 Å². The predicted octanol–water partition coefficient (Wildman–Crippen LogP) is 5.21. The van der Waals surface area contributed by atoms with Crippen LogP contribution < -0.4 is 10.1 Å². The van der Waals surface area contributed by atoms with Crippen LogP contribution in [0.5, 0.6) is 5.88 Å². The van der Waals surface area contributed by atoms with Crippen molar-refractivity contribution in [2.24, 2.45) is 0 Å². The molecular formula is C27H26F3N5O4. The fourth-order valence-electron chi connectivity index (χ4n) is 4.24. The van der Waals surface area contributed by atoms with E-state index in [2.05, 4.69) is 20.4 Å². The monoisotopic (exact) mass is 541 g/mol. The highest BCUT2D eigenvalue weighted by Crippen LogP contribution is 2.39. The zero-order chi connectivity index (χ0) is 27.9. The number of carbonyl (C=O) groups excluding carboxylic acids is 1. The minimum absolute atomic E-state index is 0.00902. The zero-order valence-corrected chi connectivity index (χ0v) is 21.7. The number of imidazole rings is 1. The van der Waals surface area contributed by atoms with Crippen molar-refractivity contribution in [3.8, 4) is 17.1 Å². The number of carbonyl (C=O) groups is 1. The standard InChI is InChI=1S/C27H26F3N5O4/c1-15-12-31-35-23(16(15)2)33-22(18-8-5-6-9-19(18)27(28,29)30)24(35)34-25(36)20-10-7-11-21(32-20)37-13-17-14-38-26(3,4)39-17/h5-12,17H,13-14H2,1-4H3,(H,34,36). The molecule has 4 aromatic rings. The van der Waals surface area contributed by atoms with Gasteiger partial charge in [-0.3, -0.25) is 4.79 Å². The number of fused-ring (bicyclic) bond motifs is 1. The van der Waals surface area contributed by atoms with Crippen LogP contribution in [0.25, 0.3) is 16.9 Å². The molecule has 5 rings (SSSR count). The average molecular weight is 542 g/mol. The molecule has 1 aromatic carbocycles. The Morgan fingerprint density at radius 3 is 2.64 bits per heavy atom. The van der Waals surface area contributed by atoms with E-state index in [0.29, 0.717) is 17.8 Å². The molecular weight excluding hydrogens is 515 g/mol. The average Bonchev–Trinajstić information content (AvgIpc) is 3.44. The molecule has 1 fully saturated rings. The number of aromatic nitrogens is 4. The van der Waals surface area contributed by atoms with Crippen molar-refractivity contribution in [2.75, 3.05) is 18.5 Å². The van der Waals surface area contributed by atoms with E-state index in [0.717, 1.165) is 11.6 Å². The molecule has 0 spiro atoms. The molecule has 0 bridgehead atoms. The molecule has 0 saturated carbocycles. The van der Waals surface area contributed by atoms with Gasteiger partial charge in [-0.05, 0) is 51.0 Å². The first-order valence-electron chi connectivity index (χ1n) is 12.2. The third-order valence-corrected chi connectivity index (χ3v) is 6.31. The Labute approximate surface area is 221 Å². The zero-order valence-electron chi connectivity index (χ0n) is 21.7. The summed E-state index contributed by atoms with van der Waals surface area (Å²) in [6.07, 6.45) is -3.38. The van der Waals surface area contributed by atoms with E-state index in [4.69, 9.17) is 14.2 Å². The molecule has 1 N–H and O–H groups in total. The summed E-state index contributed by atoms with van der Waals surface area (Å²) >= 11 is 0. The number of rotatable bonds is 6. The van der Waals surface area contributed by atoms with Crippen molar-refractivity contribution in [2.45, 2.75) is 45.8 Å². The van der Waals surface area contributed by atoms with Crippen LogP contribution in [0.15, 0.2) is 48.7 Å². The lowest BCUT2D eigenvalue weighted by atomic mass is 10.0. The summed E-state index contributed by atoms with van der Waals surface area (Å²) in [5.41, 5.74) is 0.696. The number of amides is 1. The predicted molar refractivity (Wildman–Crippen MR) is 135 cm³/mol. The van der Waals surface area contributed by atoms with Gasteiger partial charge in [0.05, 0.1) is 18.4 Å². The number of nitrogens with one attached hydrogen (secondary N) is 1. The van der Waals surface area contributed by atoms with Gasteiger partial charge in [0, 0.05) is 11.6 Å². The van der Waals surface area contributed by atoms with E-state index in [-0.39, 0.29) is 41.4 Å². The molecule has 4 heterocycles. The number of benzene rings is 1. The van der Waals surface area contributed by atoms with Gasteiger partial charge in [0.2, 0.25) is 5.88 Å². The Hall–Kier alpha value is -4.03. The smallest absolute Gasteiger partial charge is 0.417 e. The first-order valence-corrected chi connectivity index (χ1v) is 12.2. The Morgan fingerprint density at radius 1 is 1.15 bits per heavy atom. The first-order chi connectivity index (χ1) is 18.4. The minimum atomic E-state index is -4.64. The largest absolute Gasteiger partial charge is 0.475 e. The second-order valence-corrected chi connectivity index (χ2v) is 9.62. The summed E-state index contributed by atoms with van der Waals surface area (Å²) < 4.78 is 59.9.